The van der Waals surface area contributed by atoms with Crippen LogP contribution in [0, 0.1) is 11.8 Å². The van der Waals surface area contributed by atoms with Crippen molar-refractivity contribution in [3.05, 3.63) is 0 Å². The molecule has 0 aliphatic carbocycles. The second-order valence-electron chi connectivity index (χ2n) is 4.43. The summed E-state index contributed by atoms with van der Waals surface area (Å²) in [6.45, 7) is 6.66. The van der Waals surface area contributed by atoms with Crippen molar-refractivity contribution in [2.45, 2.75) is 33.6 Å². The molecule has 1 N–H and O–H groups in total. The summed E-state index contributed by atoms with van der Waals surface area (Å²) in [6, 6.07) is 0. The average Bonchev–Trinajstić information content (AvgIpc) is 2.13. The van der Waals surface area contributed by atoms with Crippen LogP contribution in [-0.2, 0) is 10.0 Å². The third-order valence-corrected chi connectivity index (χ3v) is 4.06. The Balaban J connectivity index is 3.83. The summed E-state index contributed by atoms with van der Waals surface area (Å²) in [6.07, 6.45) is 1.72. The van der Waals surface area contributed by atoms with Gasteiger partial charge in [-0.15, -0.1) is 0 Å². The smallest absolute Gasteiger partial charge is 0.211 e. The van der Waals surface area contributed by atoms with Crippen LogP contribution in [0.2, 0.25) is 0 Å². The molecular formula is C10H22BrNO2S. The Morgan fingerprint density at radius 3 is 2.27 bits per heavy atom. The van der Waals surface area contributed by atoms with E-state index in [0.29, 0.717) is 18.4 Å². The molecule has 0 aromatic heterocycles. The molecule has 0 aromatic carbocycles. The van der Waals surface area contributed by atoms with E-state index in [-0.39, 0.29) is 5.75 Å². The van der Waals surface area contributed by atoms with Crippen LogP contribution in [0.25, 0.3) is 0 Å². The quantitative estimate of drug-likeness (QED) is 0.700. The maximum atomic E-state index is 11.5. The van der Waals surface area contributed by atoms with E-state index in [2.05, 4.69) is 20.7 Å². The molecule has 0 aromatic rings. The van der Waals surface area contributed by atoms with Crippen LogP contribution in [0.5, 0.6) is 0 Å². The molecule has 0 spiro atoms. The van der Waals surface area contributed by atoms with E-state index in [1.807, 2.05) is 20.8 Å². The highest BCUT2D eigenvalue weighted by Gasteiger charge is 2.12. The normalized spacial score (nSPS) is 14.5. The van der Waals surface area contributed by atoms with Crippen LogP contribution >= 0.6 is 15.9 Å². The molecule has 1 unspecified atom stereocenters. The zero-order valence-electron chi connectivity index (χ0n) is 9.79. The van der Waals surface area contributed by atoms with Crippen LogP contribution in [0.4, 0.5) is 0 Å². The molecule has 92 valence electrons. The summed E-state index contributed by atoms with van der Waals surface area (Å²) in [4.78, 5) is 0. The van der Waals surface area contributed by atoms with E-state index in [1.54, 1.807) is 0 Å². The maximum Gasteiger partial charge on any atom is 0.211 e. The molecule has 0 amide bonds. The van der Waals surface area contributed by atoms with E-state index in [9.17, 15) is 8.42 Å². The van der Waals surface area contributed by atoms with Gasteiger partial charge in [-0.25, -0.2) is 13.1 Å². The Kier molecular flexibility index (Phi) is 7.83. The number of hydrogen-bond acceptors (Lipinski definition) is 2. The minimum Gasteiger partial charge on any atom is -0.215 e. The fourth-order valence-electron chi connectivity index (χ4n) is 1.02. The predicted octanol–water partition coefficient (Wildman–Crippen LogP) is 2.37. The van der Waals surface area contributed by atoms with Gasteiger partial charge in [0.1, 0.15) is 0 Å². The van der Waals surface area contributed by atoms with Crippen LogP contribution in [-0.4, -0.2) is 26.0 Å². The van der Waals surface area contributed by atoms with E-state index in [0.717, 1.165) is 18.2 Å². The summed E-state index contributed by atoms with van der Waals surface area (Å²) in [5.41, 5.74) is 0. The molecule has 0 aliphatic rings. The average molecular weight is 300 g/mol. The van der Waals surface area contributed by atoms with Gasteiger partial charge in [0.15, 0.2) is 0 Å². The first-order valence-corrected chi connectivity index (χ1v) is 8.18. The highest BCUT2D eigenvalue weighted by molar-refractivity contribution is 9.09. The lowest BCUT2D eigenvalue weighted by Gasteiger charge is -2.12. The van der Waals surface area contributed by atoms with Crippen molar-refractivity contribution >= 4 is 26.0 Å². The molecule has 0 rings (SSSR count). The molecule has 15 heavy (non-hydrogen) atoms. The second-order valence-corrected chi connectivity index (χ2v) is 7.15. The third-order valence-electron chi connectivity index (χ3n) is 2.22. The molecule has 0 fully saturated rings. The molecule has 0 saturated heterocycles. The topological polar surface area (TPSA) is 46.2 Å². The second kappa shape index (κ2) is 7.63. The summed E-state index contributed by atoms with van der Waals surface area (Å²) >= 11 is 3.34. The molecule has 0 radical (unpaired) electrons. The summed E-state index contributed by atoms with van der Waals surface area (Å²) in [5, 5.41) is 0.919. The van der Waals surface area contributed by atoms with Crippen molar-refractivity contribution < 1.29 is 8.42 Å². The molecule has 0 heterocycles. The van der Waals surface area contributed by atoms with E-state index in [1.165, 1.54) is 0 Å². The van der Waals surface area contributed by atoms with Gasteiger partial charge < -0.3 is 0 Å². The highest BCUT2D eigenvalue weighted by Crippen LogP contribution is 2.05. The first kappa shape index (κ1) is 15.4. The van der Waals surface area contributed by atoms with Crippen molar-refractivity contribution in [1.82, 2.24) is 4.72 Å². The van der Waals surface area contributed by atoms with Crippen LogP contribution in [0.1, 0.15) is 33.6 Å². The molecular weight excluding hydrogens is 278 g/mol. The first-order valence-electron chi connectivity index (χ1n) is 5.40. The van der Waals surface area contributed by atoms with Gasteiger partial charge in [0.2, 0.25) is 10.0 Å². The molecule has 1 atom stereocenters. The van der Waals surface area contributed by atoms with Crippen LogP contribution in [0.3, 0.4) is 0 Å². The minimum atomic E-state index is -3.06. The Morgan fingerprint density at radius 2 is 1.80 bits per heavy atom. The van der Waals surface area contributed by atoms with Gasteiger partial charge in [-0.3, -0.25) is 0 Å². The lowest BCUT2D eigenvalue weighted by atomic mass is 10.1. The van der Waals surface area contributed by atoms with Gasteiger partial charge in [0.25, 0.3) is 0 Å². The van der Waals surface area contributed by atoms with Crippen molar-refractivity contribution in [2.75, 3.05) is 17.6 Å². The highest BCUT2D eigenvalue weighted by atomic mass is 79.9. The number of nitrogens with one attached hydrogen (secondary N) is 1. The SMILES string of the molecule is CC(C)CCS(=O)(=O)NCC(C)CCBr. The lowest BCUT2D eigenvalue weighted by Crippen LogP contribution is -2.31. The number of halogens is 1. The molecule has 5 heteroatoms. The Morgan fingerprint density at radius 1 is 1.20 bits per heavy atom. The largest absolute Gasteiger partial charge is 0.215 e. The molecule has 0 saturated carbocycles. The number of alkyl halides is 1. The van der Waals surface area contributed by atoms with E-state index < -0.39 is 10.0 Å². The fraction of sp³-hybridized carbons (Fsp3) is 1.00. The van der Waals surface area contributed by atoms with Gasteiger partial charge in [-0.2, -0.15) is 0 Å². The van der Waals surface area contributed by atoms with Gasteiger partial charge in [0.05, 0.1) is 5.75 Å². The van der Waals surface area contributed by atoms with E-state index in [4.69, 9.17) is 0 Å². The predicted molar refractivity (Wildman–Crippen MR) is 68.8 cm³/mol. The standard InChI is InChI=1S/C10H22BrNO2S/c1-9(2)5-7-15(13,14)12-8-10(3)4-6-11/h9-10,12H,4-8H2,1-3H3. The zero-order valence-corrected chi connectivity index (χ0v) is 12.2. The lowest BCUT2D eigenvalue weighted by molar-refractivity contribution is 0.525. The minimum absolute atomic E-state index is 0.242. The van der Waals surface area contributed by atoms with E-state index >= 15 is 0 Å². The Hall–Kier alpha value is 0.390. The summed E-state index contributed by atoms with van der Waals surface area (Å²) < 4.78 is 25.7. The monoisotopic (exact) mass is 299 g/mol. The number of sulfonamides is 1. The zero-order chi connectivity index (χ0) is 11.9. The third kappa shape index (κ3) is 9.33. The fourth-order valence-corrected chi connectivity index (χ4v) is 3.27. The maximum absolute atomic E-state index is 11.5. The van der Waals surface area contributed by atoms with Gasteiger partial charge in [-0.05, 0) is 24.7 Å². The number of rotatable bonds is 8. The van der Waals surface area contributed by atoms with Crippen molar-refractivity contribution in [1.29, 1.82) is 0 Å². The van der Waals surface area contributed by atoms with Gasteiger partial charge in [0, 0.05) is 11.9 Å². The Labute approximate surface area is 102 Å². The molecule has 3 nitrogen and oxygen atoms in total. The van der Waals surface area contributed by atoms with Gasteiger partial charge >= 0.3 is 0 Å². The van der Waals surface area contributed by atoms with Crippen LogP contribution in [0.15, 0.2) is 0 Å². The molecule has 0 aliphatic heterocycles. The van der Waals surface area contributed by atoms with Crippen molar-refractivity contribution in [3.8, 4) is 0 Å². The Bertz CT molecular complexity index is 252. The van der Waals surface area contributed by atoms with Crippen LogP contribution < -0.4 is 4.72 Å². The summed E-state index contributed by atoms with van der Waals surface area (Å²) in [5.74, 6) is 1.06. The number of hydrogen-bond donors (Lipinski definition) is 1. The summed E-state index contributed by atoms with van der Waals surface area (Å²) in [7, 11) is -3.06. The van der Waals surface area contributed by atoms with Crippen molar-refractivity contribution in [3.63, 3.8) is 0 Å². The first-order chi connectivity index (χ1) is 6.87. The van der Waals surface area contributed by atoms with Gasteiger partial charge in [-0.1, -0.05) is 36.7 Å². The molecule has 0 bridgehead atoms. The van der Waals surface area contributed by atoms with Crippen molar-refractivity contribution in [2.24, 2.45) is 11.8 Å².